The van der Waals surface area contributed by atoms with Crippen LogP contribution in [0.15, 0.2) is 0 Å². The second kappa shape index (κ2) is 3.34. The van der Waals surface area contributed by atoms with Crippen LogP contribution in [-0.4, -0.2) is 23.5 Å². The minimum atomic E-state index is -0.853. The lowest BCUT2D eigenvalue weighted by atomic mass is 10.0. The van der Waals surface area contributed by atoms with Gasteiger partial charge >= 0.3 is 5.97 Å². The van der Waals surface area contributed by atoms with Crippen LogP contribution < -0.4 is 10.9 Å². The van der Waals surface area contributed by atoms with Gasteiger partial charge in [0.15, 0.2) is 0 Å². The molecule has 62 valence electrons. The largest absolute Gasteiger partial charge is 0.481 e. The van der Waals surface area contributed by atoms with Gasteiger partial charge in [0.2, 0.25) is 5.91 Å². The fraction of sp³-hybridized carbons (Fsp3) is 0.667. The Bertz CT molecular complexity index is 181. The van der Waals surface area contributed by atoms with Crippen LogP contribution in [0.5, 0.6) is 0 Å². The van der Waals surface area contributed by atoms with Crippen molar-refractivity contribution in [3.8, 4) is 0 Å². The van der Waals surface area contributed by atoms with Crippen molar-refractivity contribution in [1.29, 1.82) is 0 Å². The van der Waals surface area contributed by atoms with Gasteiger partial charge in [0.1, 0.15) is 0 Å². The maximum atomic E-state index is 10.7. The van der Waals surface area contributed by atoms with Gasteiger partial charge in [-0.1, -0.05) is 0 Å². The molecule has 3 N–H and O–H groups in total. The Labute approximate surface area is 63.7 Å². The molecule has 1 aliphatic rings. The molecule has 5 heteroatoms. The van der Waals surface area contributed by atoms with E-state index in [0.29, 0.717) is 13.0 Å². The second-order valence-corrected chi connectivity index (χ2v) is 2.50. The fourth-order valence-corrected chi connectivity index (χ4v) is 0.953. The van der Waals surface area contributed by atoms with Crippen LogP contribution in [0.2, 0.25) is 0 Å². The first kappa shape index (κ1) is 8.00. The van der Waals surface area contributed by atoms with Crippen molar-refractivity contribution in [3.05, 3.63) is 0 Å². The van der Waals surface area contributed by atoms with E-state index in [0.717, 1.165) is 0 Å². The van der Waals surface area contributed by atoms with E-state index in [9.17, 15) is 9.59 Å². The van der Waals surface area contributed by atoms with Gasteiger partial charge in [-0.3, -0.25) is 15.0 Å². The summed E-state index contributed by atoms with van der Waals surface area (Å²) in [6, 6.07) is 0. The van der Waals surface area contributed by atoms with E-state index in [2.05, 4.69) is 10.9 Å². The van der Waals surface area contributed by atoms with Crippen LogP contribution in [0.3, 0.4) is 0 Å². The Balaban J connectivity index is 2.46. The Morgan fingerprint density at radius 3 is 3.00 bits per heavy atom. The summed E-state index contributed by atoms with van der Waals surface area (Å²) in [6.07, 6.45) is 0.693. The number of nitrogens with one attached hydrogen (secondary N) is 2. The van der Waals surface area contributed by atoms with Crippen molar-refractivity contribution in [2.45, 2.75) is 12.8 Å². The molecule has 1 rings (SSSR count). The molecule has 1 heterocycles. The van der Waals surface area contributed by atoms with Crippen LogP contribution in [0.4, 0.5) is 0 Å². The predicted octanol–water partition coefficient (Wildman–Crippen LogP) is -0.898. The normalized spacial score (nSPS) is 25.5. The Kier molecular flexibility index (Phi) is 2.43. The average molecular weight is 158 g/mol. The van der Waals surface area contributed by atoms with E-state index in [1.165, 1.54) is 0 Å². The van der Waals surface area contributed by atoms with Crippen LogP contribution in [0, 0.1) is 5.92 Å². The Morgan fingerprint density at radius 2 is 2.36 bits per heavy atom. The SMILES string of the molecule is O=C1CCC(C(=O)O)CNN1. The summed E-state index contributed by atoms with van der Waals surface area (Å²) in [4.78, 5) is 21.1. The van der Waals surface area contributed by atoms with E-state index in [1.54, 1.807) is 0 Å². The van der Waals surface area contributed by atoms with Crippen molar-refractivity contribution < 1.29 is 14.7 Å². The molecular formula is C6H10N2O3. The molecule has 1 atom stereocenters. The number of carbonyl (C=O) groups excluding carboxylic acids is 1. The first-order valence-electron chi connectivity index (χ1n) is 3.44. The molecule has 0 bridgehead atoms. The number of rotatable bonds is 1. The zero-order valence-electron chi connectivity index (χ0n) is 5.96. The van der Waals surface area contributed by atoms with E-state index >= 15 is 0 Å². The Hall–Kier alpha value is -1.10. The topological polar surface area (TPSA) is 78.4 Å². The molecule has 0 aromatic carbocycles. The van der Waals surface area contributed by atoms with E-state index in [4.69, 9.17) is 5.11 Å². The minimum Gasteiger partial charge on any atom is -0.481 e. The molecule has 1 fully saturated rings. The third-order valence-electron chi connectivity index (χ3n) is 1.65. The molecule has 1 unspecified atom stereocenters. The maximum Gasteiger partial charge on any atom is 0.307 e. The van der Waals surface area contributed by atoms with E-state index < -0.39 is 11.9 Å². The zero-order chi connectivity index (χ0) is 8.27. The van der Waals surface area contributed by atoms with Crippen molar-refractivity contribution in [3.63, 3.8) is 0 Å². The number of hydrogen-bond donors (Lipinski definition) is 3. The Morgan fingerprint density at radius 1 is 1.64 bits per heavy atom. The monoisotopic (exact) mass is 158 g/mol. The average Bonchev–Trinajstić information content (AvgIpc) is 2.13. The number of amides is 1. The lowest BCUT2D eigenvalue weighted by molar-refractivity contribution is -0.141. The number of hydrazine groups is 1. The first-order chi connectivity index (χ1) is 5.20. The van der Waals surface area contributed by atoms with Crippen LogP contribution in [-0.2, 0) is 9.59 Å². The highest BCUT2D eigenvalue weighted by molar-refractivity contribution is 5.77. The molecular weight excluding hydrogens is 148 g/mol. The standard InChI is InChI=1S/C6H10N2O3/c9-5-2-1-4(6(10)11)3-7-8-5/h4,7H,1-3H2,(H,8,9)(H,10,11). The number of carboxylic acid groups (broad SMARTS) is 1. The number of carbonyl (C=O) groups is 2. The predicted molar refractivity (Wildman–Crippen MR) is 36.5 cm³/mol. The minimum absolute atomic E-state index is 0.145. The van der Waals surface area contributed by atoms with Crippen molar-refractivity contribution >= 4 is 11.9 Å². The van der Waals surface area contributed by atoms with Crippen molar-refractivity contribution in [2.24, 2.45) is 5.92 Å². The summed E-state index contributed by atoms with van der Waals surface area (Å²) in [6.45, 7) is 0.307. The third-order valence-corrected chi connectivity index (χ3v) is 1.65. The molecule has 0 saturated carbocycles. The smallest absolute Gasteiger partial charge is 0.307 e. The van der Waals surface area contributed by atoms with Crippen molar-refractivity contribution in [1.82, 2.24) is 10.9 Å². The summed E-state index contributed by atoms with van der Waals surface area (Å²) >= 11 is 0. The van der Waals surface area contributed by atoms with E-state index in [1.807, 2.05) is 0 Å². The van der Waals surface area contributed by atoms with Crippen molar-refractivity contribution in [2.75, 3.05) is 6.54 Å². The summed E-state index contributed by atoms with van der Waals surface area (Å²) < 4.78 is 0. The van der Waals surface area contributed by atoms with Gasteiger partial charge in [0.25, 0.3) is 0 Å². The van der Waals surface area contributed by atoms with Crippen LogP contribution in [0.25, 0.3) is 0 Å². The highest BCUT2D eigenvalue weighted by Gasteiger charge is 2.21. The van der Waals surface area contributed by atoms with Gasteiger partial charge < -0.3 is 5.11 Å². The van der Waals surface area contributed by atoms with Crippen LogP contribution >= 0.6 is 0 Å². The molecule has 1 aliphatic heterocycles. The highest BCUT2D eigenvalue weighted by atomic mass is 16.4. The van der Waals surface area contributed by atoms with Gasteiger partial charge in [-0.15, -0.1) is 0 Å². The number of aliphatic carboxylic acids is 1. The quantitative estimate of drug-likeness (QED) is 0.462. The molecule has 1 saturated heterocycles. The van der Waals surface area contributed by atoms with Gasteiger partial charge in [0, 0.05) is 13.0 Å². The molecule has 0 aliphatic carbocycles. The molecule has 0 radical (unpaired) electrons. The fourth-order valence-electron chi connectivity index (χ4n) is 0.953. The zero-order valence-corrected chi connectivity index (χ0v) is 5.96. The highest BCUT2D eigenvalue weighted by Crippen LogP contribution is 2.07. The maximum absolute atomic E-state index is 10.7. The van der Waals surface area contributed by atoms with E-state index in [-0.39, 0.29) is 12.3 Å². The van der Waals surface area contributed by atoms with Crippen LogP contribution in [0.1, 0.15) is 12.8 Å². The third kappa shape index (κ3) is 2.19. The van der Waals surface area contributed by atoms with Gasteiger partial charge in [-0.05, 0) is 6.42 Å². The molecule has 0 aromatic rings. The lowest BCUT2D eigenvalue weighted by Crippen LogP contribution is -2.37. The molecule has 5 nitrogen and oxygen atoms in total. The summed E-state index contributed by atoms with van der Waals surface area (Å²) in [5.74, 6) is -1.45. The van der Waals surface area contributed by atoms with Gasteiger partial charge in [0.05, 0.1) is 5.92 Å². The molecule has 11 heavy (non-hydrogen) atoms. The summed E-state index contributed by atoms with van der Waals surface area (Å²) in [5, 5.41) is 8.57. The molecule has 0 spiro atoms. The first-order valence-corrected chi connectivity index (χ1v) is 3.44. The second-order valence-electron chi connectivity index (χ2n) is 2.50. The number of hydrogen-bond acceptors (Lipinski definition) is 3. The van der Waals surface area contributed by atoms with Gasteiger partial charge in [-0.2, -0.15) is 0 Å². The molecule has 0 aromatic heterocycles. The molecule has 1 amide bonds. The number of carboxylic acids is 1. The lowest BCUT2D eigenvalue weighted by Gasteiger charge is -2.05. The summed E-state index contributed by atoms with van der Waals surface area (Å²) in [7, 11) is 0. The summed E-state index contributed by atoms with van der Waals surface area (Å²) in [5.41, 5.74) is 4.93. The van der Waals surface area contributed by atoms with Gasteiger partial charge in [-0.25, -0.2) is 5.43 Å².